The normalized spacial score (nSPS) is 18.5. The third-order valence-electron chi connectivity index (χ3n) is 8.42. The highest BCUT2D eigenvalue weighted by molar-refractivity contribution is 8.03. The first kappa shape index (κ1) is 40.1. The van der Waals surface area contributed by atoms with E-state index in [1.807, 2.05) is 0 Å². The molecule has 0 saturated carbocycles. The summed E-state index contributed by atoms with van der Waals surface area (Å²) in [7, 11) is -4.98. The van der Waals surface area contributed by atoms with E-state index in [1.54, 1.807) is 6.07 Å². The second-order valence-electron chi connectivity index (χ2n) is 11.9. The first-order valence-corrected chi connectivity index (χ1v) is 19.5. The Bertz CT molecular complexity index is 1220. The summed E-state index contributed by atoms with van der Waals surface area (Å²) in [6.07, 6.45) is 11.6. The Labute approximate surface area is 283 Å². The smallest absolute Gasteiger partial charge is 0.353 e. The lowest BCUT2D eigenvalue weighted by molar-refractivity contribution is -0.929. The van der Waals surface area contributed by atoms with Crippen LogP contribution in [-0.2, 0) is 24.2 Å². The summed E-state index contributed by atoms with van der Waals surface area (Å²) >= 11 is 2.25. The molecule has 3 rings (SSSR count). The van der Waals surface area contributed by atoms with Crippen LogP contribution in [0.4, 0.5) is 0 Å². The van der Waals surface area contributed by atoms with E-state index in [0.717, 1.165) is 16.4 Å². The predicted octanol–water partition coefficient (Wildman–Crippen LogP) is 5.00. The van der Waals surface area contributed by atoms with Crippen LogP contribution < -0.4 is 5.32 Å². The number of unbranched alkanes of at least 4 members (excludes halogenated alkanes) is 4. The summed E-state index contributed by atoms with van der Waals surface area (Å²) in [5.41, 5.74) is -0.160. The lowest BCUT2D eigenvalue weighted by atomic mass is 9.83. The van der Waals surface area contributed by atoms with Crippen molar-refractivity contribution in [1.29, 1.82) is 0 Å². The van der Waals surface area contributed by atoms with Crippen LogP contribution in [-0.4, -0.2) is 100 Å². The van der Waals surface area contributed by atoms with Gasteiger partial charge in [-0.2, -0.15) is 0 Å². The third-order valence-corrected chi connectivity index (χ3v) is 10.8. The molecule has 15 heteroatoms. The number of hydrogen-bond donors (Lipinski definition) is 2. The van der Waals surface area contributed by atoms with Crippen LogP contribution in [0.2, 0.25) is 0 Å². The maximum absolute atomic E-state index is 12.4. The lowest BCUT2D eigenvalue weighted by Crippen LogP contribution is -2.62. The van der Waals surface area contributed by atoms with Crippen molar-refractivity contribution < 1.29 is 41.1 Å². The van der Waals surface area contributed by atoms with Crippen LogP contribution in [0.3, 0.4) is 0 Å². The van der Waals surface area contributed by atoms with Crippen molar-refractivity contribution in [2.24, 2.45) is 5.92 Å². The maximum atomic E-state index is 12.4. The number of nitrogens with zero attached hydrogens (tertiary/aromatic N) is 3. The summed E-state index contributed by atoms with van der Waals surface area (Å²) in [5, 5.41) is 12.2. The predicted molar refractivity (Wildman–Crippen MR) is 180 cm³/mol. The Balaban J connectivity index is 0.000000372. The fraction of sp³-hybridized carbons (Fsp3) is 0.742. The van der Waals surface area contributed by atoms with E-state index in [9.17, 15) is 32.5 Å². The van der Waals surface area contributed by atoms with Crippen molar-refractivity contribution in [1.82, 2.24) is 14.6 Å². The van der Waals surface area contributed by atoms with Crippen molar-refractivity contribution in [3.05, 3.63) is 27.7 Å². The monoisotopic (exact) mass is 704 g/mol. The van der Waals surface area contributed by atoms with Gasteiger partial charge in [0.05, 0.1) is 44.2 Å². The largest absolute Gasteiger partial charge is 0.726 e. The molecule has 0 radical (unpaired) electrons. The Hall–Kier alpha value is -2.04. The zero-order valence-corrected chi connectivity index (χ0v) is 30.3. The van der Waals surface area contributed by atoms with Gasteiger partial charge in [0.25, 0.3) is 5.91 Å². The van der Waals surface area contributed by atoms with Crippen molar-refractivity contribution in [3.8, 4) is 0 Å². The molecule has 0 unspecified atom stereocenters. The number of nitrogens with one attached hydrogen (secondary N) is 1. The number of carbonyl (C=O) groups is 3. The number of aromatic nitrogens is 1. The number of rotatable bonds is 21. The number of hydrogen-bond acceptors (Lipinski definition) is 10. The number of thioether (sulfide) groups is 1. The molecule has 12 nitrogen and oxygen atoms in total. The standard InChI is InChI=1S/C16H36N.C15H17N3O8S3/c1-5-9-13-17(14-10-6-2,15-11-7-3)16-12-8-4;1-7(26-29(23,24)25)11-8-6-10(12(15(21)22)18(8)14(11)20)27-5-4-16-13(19)9-2-3-17-28-9/h5-16H2,1-4H3;2-3,7-8,11H,4-6H2,1H3,(H,16,19)(H,21,22)(H,23,24,25)/q+1;/p-1/t;7-,8+,11-/m.0/s1. The minimum Gasteiger partial charge on any atom is -0.726 e. The van der Waals surface area contributed by atoms with Gasteiger partial charge in [-0.3, -0.25) is 13.8 Å². The third kappa shape index (κ3) is 11.9. The van der Waals surface area contributed by atoms with Crippen molar-refractivity contribution in [2.45, 2.75) is 105 Å². The van der Waals surface area contributed by atoms with Gasteiger partial charge in [0.2, 0.25) is 16.3 Å². The van der Waals surface area contributed by atoms with E-state index >= 15 is 0 Å². The molecule has 2 aliphatic rings. The molecule has 1 fully saturated rings. The SMILES string of the molecule is CCCC[N+](CCCC)(CCCC)CCCC.C[C@H](OS(=O)(=O)[O-])[C@@H]1C(=O)N2C(C(=O)O)=C(SCCNC(=O)c3ccns3)C[C@H]12. The van der Waals surface area contributed by atoms with Crippen molar-refractivity contribution in [3.63, 3.8) is 0 Å². The quantitative estimate of drug-likeness (QED) is 0.0585. The summed E-state index contributed by atoms with van der Waals surface area (Å²) in [6, 6.07) is 0.997. The molecule has 2 aliphatic heterocycles. The first-order valence-electron chi connectivity index (χ1n) is 16.4. The molecule has 0 spiro atoms. The van der Waals surface area contributed by atoms with Gasteiger partial charge >= 0.3 is 5.97 Å². The summed E-state index contributed by atoms with van der Waals surface area (Å²) in [4.78, 5) is 37.9. The van der Waals surface area contributed by atoms with E-state index in [4.69, 9.17) is 0 Å². The minimum absolute atomic E-state index is 0.160. The van der Waals surface area contributed by atoms with E-state index in [1.165, 1.54) is 107 Å². The van der Waals surface area contributed by atoms with Crippen LogP contribution in [0.5, 0.6) is 0 Å². The van der Waals surface area contributed by atoms with E-state index < -0.39 is 40.3 Å². The molecule has 262 valence electrons. The molecule has 0 aromatic carbocycles. The Morgan fingerprint density at radius 3 is 2.09 bits per heavy atom. The molecule has 1 aromatic rings. The van der Waals surface area contributed by atoms with E-state index in [2.05, 4.69) is 41.6 Å². The first-order chi connectivity index (χ1) is 21.8. The van der Waals surface area contributed by atoms with Crippen LogP contribution in [0.15, 0.2) is 22.9 Å². The van der Waals surface area contributed by atoms with Gasteiger partial charge < -0.3 is 24.4 Å². The molecule has 46 heavy (non-hydrogen) atoms. The van der Waals surface area contributed by atoms with Gasteiger partial charge in [0.15, 0.2) is 0 Å². The van der Waals surface area contributed by atoms with Gasteiger partial charge in [0.1, 0.15) is 10.6 Å². The number of quaternary nitrogens is 1. The molecule has 2 amide bonds. The number of aliphatic carboxylic acids is 1. The van der Waals surface area contributed by atoms with Gasteiger partial charge in [-0.25, -0.2) is 17.6 Å². The summed E-state index contributed by atoms with van der Waals surface area (Å²) in [5.74, 6) is -2.71. The summed E-state index contributed by atoms with van der Waals surface area (Å²) < 4.78 is 42.0. The van der Waals surface area contributed by atoms with Crippen LogP contribution >= 0.6 is 23.3 Å². The van der Waals surface area contributed by atoms with Crippen molar-refractivity contribution >= 4 is 51.5 Å². The zero-order chi connectivity index (χ0) is 34.3. The van der Waals surface area contributed by atoms with Gasteiger partial charge in [-0.05, 0) is 50.2 Å². The highest BCUT2D eigenvalue weighted by Gasteiger charge is 2.57. The number of carboxylic acids is 1. The van der Waals surface area contributed by atoms with E-state index in [0.29, 0.717) is 15.5 Å². The second-order valence-corrected chi connectivity index (χ2v) is 15.0. The van der Waals surface area contributed by atoms with E-state index in [-0.39, 0.29) is 24.6 Å². The maximum Gasteiger partial charge on any atom is 0.353 e. The highest BCUT2D eigenvalue weighted by Crippen LogP contribution is 2.47. The number of carbonyl (C=O) groups excluding carboxylic acids is 2. The number of β-lactam (4-membered cyclic amide) rings is 1. The van der Waals surface area contributed by atoms with Crippen molar-refractivity contribution in [2.75, 3.05) is 38.5 Å². The second kappa shape index (κ2) is 19.7. The minimum atomic E-state index is -4.98. The highest BCUT2D eigenvalue weighted by atomic mass is 32.3. The average Bonchev–Trinajstić information content (AvgIpc) is 3.65. The molecule has 2 N–H and O–H groups in total. The molecule has 3 heterocycles. The number of carboxylic acid groups (broad SMARTS) is 1. The summed E-state index contributed by atoms with van der Waals surface area (Å²) in [6.45, 7) is 16.6. The molecule has 0 aliphatic carbocycles. The zero-order valence-electron chi connectivity index (χ0n) is 27.9. The molecule has 1 aromatic heterocycles. The molecule has 3 atom stereocenters. The number of amides is 2. The Kier molecular flexibility index (Phi) is 17.2. The van der Waals surface area contributed by atoms with Crippen LogP contribution in [0.1, 0.15) is 102 Å². The average molecular weight is 705 g/mol. The van der Waals surface area contributed by atoms with Gasteiger partial charge in [0, 0.05) is 29.8 Å². The fourth-order valence-corrected chi connectivity index (χ4v) is 8.06. The van der Waals surface area contributed by atoms with Gasteiger partial charge in [-0.1, -0.05) is 53.4 Å². The molecule has 0 bridgehead atoms. The molecule has 1 saturated heterocycles. The Morgan fingerprint density at radius 2 is 1.65 bits per heavy atom. The topological polar surface area (TPSA) is 166 Å². The fourth-order valence-electron chi connectivity index (χ4n) is 6.00. The molecular formula is C31H52N4O8S3. The van der Waals surface area contributed by atoms with Crippen LogP contribution in [0.25, 0.3) is 0 Å². The number of fused-ring (bicyclic) bond motifs is 1. The lowest BCUT2D eigenvalue weighted by Gasteiger charge is -2.45. The Morgan fingerprint density at radius 1 is 1.11 bits per heavy atom. The van der Waals surface area contributed by atoms with Crippen LogP contribution in [0, 0.1) is 5.92 Å². The molecular weight excluding hydrogens is 653 g/mol. The van der Waals surface area contributed by atoms with Gasteiger partial charge in [-0.15, -0.1) is 11.8 Å².